The molecule has 74 valence electrons. The fraction of sp³-hybridized carbons (Fsp3) is 0.364. The first-order chi connectivity index (χ1) is 6.59. The number of rotatable bonds is 0. The molecule has 2 rings (SSSR count). The van der Waals surface area contributed by atoms with Crippen LogP contribution in [-0.4, -0.2) is 13.0 Å². The Morgan fingerprint density at radius 1 is 1.50 bits per heavy atom. The van der Waals surface area contributed by atoms with Crippen LogP contribution in [0, 0.1) is 0 Å². The maximum absolute atomic E-state index is 11.5. The lowest BCUT2D eigenvalue weighted by Gasteiger charge is -2.29. The maximum atomic E-state index is 11.5. The monoisotopic (exact) mass is 190 g/mol. The highest BCUT2D eigenvalue weighted by atomic mass is 16.2. The first-order valence-electron chi connectivity index (χ1n) is 4.75. The molecule has 0 aromatic heterocycles. The van der Waals surface area contributed by atoms with Crippen LogP contribution in [0.15, 0.2) is 18.2 Å². The van der Waals surface area contributed by atoms with Crippen molar-refractivity contribution in [1.29, 1.82) is 0 Å². The lowest BCUT2D eigenvalue weighted by Crippen LogP contribution is -2.32. The van der Waals surface area contributed by atoms with Crippen LogP contribution in [0.4, 0.5) is 11.4 Å². The Balaban J connectivity index is 2.55. The van der Waals surface area contributed by atoms with Crippen LogP contribution in [0.25, 0.3) is 0 Å². The van der Waals surface area contributed by atoms with Crippen LogP contribution >= 0.6 is 0 Å². The number of hydrogen-bond donors (Lipinski definition) is 1. The molecular formula is C11H14N2O. The normalized spacial score (nSPS) is 20.9. The first kappa shape index (κ1) is 9.06. The molecule has 2 N–H and O–H groups in total. The number of carbonyl (C=O) groups is 1. The highest BCUT2D eigenvalue weighted by Crippen LogP contribution is 2.35. The van der Waals surface area contributed by atoms with Crippen molar-refractivity contribution in [2.45, 2.75) is 19.3 Å². The van der Waals surface area contributed by atoms with Gasteiger partial charge in [0.1, 0.15) is 0 Å². The topological polar surface area (TPSA) is 46.3 Å². The van der Waals surface area contributed by atoms with Crippen molar-refractivity contribution in [3.63, 3.8) is 0 Å². The van der Waals surface area contributed by atoms with Gasteiger partial charge < -0.3 is 10.6 Å². The van der Waals surface area contributed by atoms with E-state index in [1.54, 1.807) is 4.90 Å². The number of benzene rings is 1. The van der Waals surface area contributed by atoms with E-state index in [-0.39, 0.29) is 11.8 Å². The van der Waals surface area contributed by atoms with E-state index in [0.717, 1.165) is 11.4 Å². The van der Waals surface area contributed by atoms with Crippen LogP contribution in [0.5, 0.6) is 0 Å². The van der Waals surface area contributed by atoms with Crippen molar-refractivity contribution < 1.29 is 4.79 Å². The fourth-order valence-electron chi connectivity index (χ4n) is 1.92. The molecule has 1 aliphatic heterocycles. The molecule has 1 atom stereocenters. The van der Waals surface area contributed by atoms with Gasteiger partial charge in [0.2, 0.25) is 5.91 Å². The van der Waals surface area contributed by atoms with Crippen LogP contribution in [0.1, 0.15) is 24.8 Å². The second-order valence-corrected chi connectivity index (χ2v) is 3.88. The third-order valence-corrected chi connectivity index (χ3v) is 2.80. The zero-order valence-electron chi connectivity index (χ0n) is 8.45. The predicted molar refractivity (Wildman–Crippen MR) is 57.3 cm³/mol. The van der Waals surface area contributed by atoms with Crippen molar-refractivity contribution in [3.05, 3.63) is 23.8 Å². The number of nitrogens with two attached hydrogens (primary N) is 1. The molecule has 0 fully saturated rings. The van der Waals surface area contributed by atoms with Gasteiger partial charge in [-0.05, 0) is 29.7 Å². The van der Waals surface area contributed by atoms with Gasteiger partial charge in [-0.1, -0.05) is 6.92 Å². The average molecular weight is 190 g/mol. The standard InChI is InChI=1S/C11H14N2O/c1-7-5-11(14)13(2)10-4-3-8(12)6-9(7)10/h3-4,6-7H,5,12H2,1-2H3. The van der Waals surface area contributed by atoms with Crippen molar-refractivity contribution in [3.8, 4) is 0 Å². The van der Waals surface area contributed by atoms with Crippen molar-refractivity contribution >= 4 is 17.3 Å². The molecular weight excluding hydrogens is 176 g/mol. The van der Waals surface area contributed by atoms with Gasteiger partial charge in [-0.15, -0.1) is 0 Å². The van der Waals surface area contributed by atoms with Crippen LogP contribution < -0.4 is 10.6 Å². The zero-order valence-corrected chi connectivity index (χ0v) is 8.45. The van der Waals surface area contributed by atoms with Gasteiger partial charge in [-0.3, -0.25) is 4.79 Å². The molecule has 0 aliphatic carbocycles. The number of nitrogens with zero attached hydrogens (tertiary/aromatic N) is 1. The molecule has 0 saturated heterocycles. The summed E-state index contributed by atoms with van der Waals surface area (Å²) in [7, 11) is 1.81. The minimum Gasteiger partial charge on any atom is -0.399 e. The Bertz CT molecular complexity index is 387. The Morgan fingerprint density at radius 3 is 2.93 bits per heavy atom. The summed E-state index contributed by atoms with van der Waals surface area (Å²) < 4.78 is 0. The van der Waals surface area contributed by atoms with Gasteiger partial charge in [0, 0.05) is 24.8 Å². The molecule has 1 heterocycles. The average Bonchev–Trinajstić information content (AvgIpc) is 2.14. The summed E-state index contributed by atoms with van der Waals surface area (Å²) in [6.07, 6.45) is 0.576. The van der Waals surface area contributed by atoms with Crippen molar-refractivity contribution in [2.75, 3.05) is 17.7 Å². The number of hydrogen-bond acceptors (Lipinski definition) is 2. The maximum Gasteiger partial charge on any atom is 0.227 e. The predicted octanol–water partition coefficient (Wildman–Crippen LogP) is 1.74. The largest absolute Gasteiger partial charge is 0.399 e. The van der Waals surface area contributed by atoms with Crippen LogP contribution in [0.3, 0.4) is 0 Å². The smallest absolute Gasteiger partial charge is 0.227 e. The molecule has 1 aliphatic rings. The van der Waals surface area contributed by atoms with Gasteiger partial charge in [0.25, 0.3) is 0 Å². The second kappa shape index (κ2) is 3.01. The lowest BCUT2D eigenvalue weighted by molar-refractivity contribution is -0.119. The van der Waals surface area contributed by atoms with E-state index in [1.165, 1.54) is 5.56 Å². The molecule has 0 bridgehead atoms. The van der Waals surface area contributed by atoms with Crippen molar-refractivity contribution in [2.24, 2.45) is 0 Å². The zero-order chi connectivity index (χ0) is 10.3. The van der Waals surface area contributed by atoms with Crippen LogP contribution in [0.2, 0.25) is 0 Å². The number of amides is 1. The van der Waals surface area contributed by atoms with Gasteiger partial charge >= 0.3 is 0 Å². The first-order valence-corrected chi connectivity index (χ1v) is 4.75. The number of nitrogen functional groups attached to an aromatic ring is 1. The Hall–Kier alpha value is -1.51. The third-order valence-electron chi connectivity index (χ3n) is 2.80. The molecule has 1 aromatic carbocycles. The molecule has 1 unspecified atom stereocenters. The van der Waals surface area contributed by atoms with E-state index < -0.39 is 0 Å². The molecule has 3 nitrogen and oxygen atoms in total. The Kier molecular flexibility index (Phi) is 1.95. The summed E-state index contributed by atoms with van der Waals surface area (Å²) >= 11 is 0. The van der Waals surface area contributed by atoms with Crippen molar-refractivity contribution in [1.82, 2.24) is 0 Å². The molecule has 0 saturated carbocycles. The summed E-state index contributed by atoms with van der Waals surface area (Å²) in [5, 5.41) is 0. The highest BCUT2D eigenvalue weighted by Gasteiger charge is 2.25. The van der Waals surface area contributed by atoms with E-state index in [9.17, 15) is 4.79 Å². The minimum atomic E-state index is 0.176. The Morgan fingerprint density at radius 2 is 2.21 bits per heavy atom. The summed E-state index contributed by atoms with van der Waals surface area (Å²) in [5.41, 5.74) is 8.65. The third kappa shape index (κ3) is 1.25. The van der Waals surface area contributed by atoms with Gasteiger partial charge in [-0.2, -0.15) is 0 Å². The van der Waals surface area contributed by atoms with Crippen LogP contribution in [-0.2, 0) is 4.79 Å². The molecule has 1 amide bonds. The van der Waals surface area contributed by atoms with E-state index in [0.29, 0.717) is 6.42 Å². The quantitative estimate of drug-likeness (QED) is 0.633. The molecule has 0 radical (unpaired) electrons. The number of fused-ring (bicyclic) bond motifs is 1. The lowest BCUT2D eigenvalue weighted by atomic mass is 9.91. The summed E-state index contributed by atoms with van der Waals surface area (Å²) in [4.78, 5) is 13.2. The highest BCUT2D eigenvalue weighted by molar-refractivity contribution is 5.96. The summed E-state index contributed by atoms with van der Waals surface area (Å²) in [6.45, 7) is 2.06. The molecule has 1 aromatic rings. The van der Waals surface area contributed by atoms with Gasteiger partial charge in [-0.25, -0.2) is 0 Å². The fourth-order valence-corrected chi connectivity index (χ4v) is 1.92. The molecule has 0 spiro atoms. The SMILES string of the molecule is CC1CC(=O)N(C)c2ccc(N)cc21. The summed E-state index contributed by atoms with van der Waals surface area (Å²) in [6, 6.07) is 5.71. The number of anilines is 2. The Labute approximate surface area is 83.5 Å². The second-order valence-electron chi connectivity index (χ2n) is 3.88. The van der Waals surface area contributed by atoms with Gasteiger partial charge in [0.15, 0.2) is 0 Å². The van der Waals surface area contributed by atoms with E-state index in [1.807, 2.05) is 25.2 Å². The minimum absolute atomic E-state index is 0.176. The van der Waals surface area contributed by atoms with E-state index in [4.69, 9.17) is 5.73 Å². The van der Waals surface area contributed by atoms with E-state index >= 15 is 0 Å². The number of carbonyl (C=O) groups excluding carboxylic acids is 1. The van der Waals surface area contributed by atoms with Gasteiger partial charge in [0.05, 0.1) is 0 Å². The van der Waals surface area contributed by atoms with E-state index in [2.05, 4.69) is 6.92 Å². The molecule has 14 heavy (non-hydrogen) atoms. The molecule has 3 heteroatoms. The summed E-state index contributed by atoms with van der Waals surface area (Å²) in [5.74, 6) is 0.451.